The Morgan fingerprint density at radius 3 is 2.76 bits per heavy atom. The highest BCUT2D eigenvalue weighted by molar-refractivity contribution is 7.24. The third-order valence-corrected chi connectivity index (χ3v) is 4.52. The highest BCUT2D eigenvalue weighted by Crippen LogP contribution is 2.27. The Morgan fingerprint density at radius 2 is 2.00 bits per heavy atom. The van der Waals surface area contributed by atoms with Gasteiger partial charge in [-0.1, -0.05) is 24.3 Å². The second kappa shape index (κ2) is 5.31. The molecular formula is C17H14O3S. The number of hydrogen-bond donors (Lipinski definition) is 1. The van der Waals surface area contributed by atoms with E-state index in [1.165, 1.54) is 0 Å². The van der Waals surface area contributed by atoms with Crippen molar-refractivity contribution in [2.75, 3.05) is 6.79 Å². The zero-order valence-corrected chi connectivity index (χ0v) is 12.4. The Kier molecular flexibility index (Phi) is 3.49. The summed E-state index contributed by atoms with van der Waals surface area (Å²) < 4.78 is 6.85. The maximum absolute atomic E-state index is 12.6. The maximum atomic E-state index is 12.6. The summed E-state index contributed by atoms with van der Waals surface area (Å²) in [7, 11) is 0. The number of aryl methyl sites for hydroxylation is 1. The second-order valence-electron chi connectivity index (χ2n) is 4.84. The fourth-order valence-corrected chi connectivity index (χ4v) is 3.39. The molecule has 0 aliphatic carbocycles. The van der Waals surface area contributed by atoms with E-state index in [9.17, 15) is 4.79 Å². The van der Waals surface area contributed by atoms with Gasteiger partial charge in [-0.25, -0.2) is 0 Å². The van der Waals surface area contributed by atoms with Gasteiger partial charge in [-0.15, -0.1) is 11.3 Å². The van der Waals surface area contributed by atoms with Crippen molar-refractivity contribution in [2.24, 2.45) is 0 Å². The highest BCUT2D eigenvalue weighted by atomic mass is 32.1. The molecule has 0 saturated carbocycles. The molecule has 3 nitrogen and oxygen atoms in total. The van der Waals surface area contributed by atoms with Crippen LogP contribution in [0.15, 0.2) is 47.8 Å². The lowest BCUT2D eigenvalue weighted by molar-refractivity contribution is 0.0753. The minimum absolute atomic E-state index is 0.0442. The van der Waals surface area contributed by atoms with Crippen molar-refractivity contribution >= 4 is 37.3 Å². The summed E-state index contributed by atoms with van der Waals surface area (Å²) in [5, 5.41) is 10.2. The smallest absolute Gasteiger partial charge is 0.195 e. The number of benzene rings is 2. The summed E-state index contributed by atoms with van der Waals surface area (Å²) in [5.74, 6) is 0.392. The molecule has 1 N–H and O–H groups in total. The molecule has 0 aliphatic heterocycles. The van der Waals surface area contributed by atoms with Crippen molar-refractivity contribution in [3.05, 3.63) is 64.3 Å². The number of fused-ring (bicyclic) bond motifs is 2. The molecule has 3 rings (SSSR count). The first-order valence-corrected chi connectivity index (χ1v) is 7.32. The van der Waals surface area contributed by atoms with Crippen molar-refractivity contribution in [2.45, 2.75) is 6.92 Å². The van der Waals surface area contributed by atoms with E-state index in [0.717, 1.165) is 25.9 Å². The highest BCUT2D eigenvalue weighted by Gasteiger charge is 2.08. The number of aliphatic hydroxyl groups is 1. The molecular weight excluding hydrogens is 284 g/mol. The molecule has 0 amide bonds. The lowest BCUT2D eigenvalue weighted by atomic mass is 10.1. The van der Waals surface area contributed by atoms with Crippen molar-refractivity contribution in [1.29, 1.82) is 0 Å². The third-order valence-electron chi connectivity index (χ3n) is 3.39. The van der Waals surface area contributed by atoms with Crippen molar-refractivity contribution in [1.82, 2.24) is 0 Å². The number of hydrogen-bond acceptors (Lipinski definition) is 4. The molecule has 106 valence electrons. The molecule has 2 aromatic carbocycles. The molecule has 21 heavy (non-hydrogen) atoms. The monoisotopic (exact) mass is 298 g/mol. The molecule has 0 aliphatic rings. The first-order chi connectivity index (χ1) is 10.1. The van der Waals surface area contributed by atoms with E-state index in [1.54, 1.807) is 23.5 Å². The first-order valence-electron chi connectivity index (χ1n) is 6.50. The van der Waals surface area contributed by atoms with Gasteiger partial charge in [-0.05, 0) is 31.2 Å². The Labute approximate surface area is 125 Å². The van der Waals surface area contributed by atoms with Gasteiger partial charge in [-0.2, -0.15) is 0 Å². The summed E-state index contributed by atoms with van der Waals surface area (Å²) in [5.41, 5.74) is 1.88. The predicted molar refractivity (Wildman–Crippen MR) is 87.5 cm³/mol. The quantitative estimate of drug-likeness (QED) is 0.456. The van der Waals surface area contributed by atoms with Gasteiger partial charge in [0.2, 0.25) is 0 Å². The number of ether oxygens (including phenoxy) is 1. The van der Waals surface area contributed by atoms with Crippen LogP contribution < -0.4 is 5.43 Å². The summed E-state index contributed by atoms with van der Waals surface area (Å²) in [4.78, 5) is 12.6. The SMILES string of the molecule is C=C(OCO)c1ccc2c(=O)c3cc(C)ccc3sc2c1. The van der Waals surface area contributed by atoms with E-state index < -0.39 is 6.79 Å². The van der Waals surface area contributed by atoms with Gasteiger partial charge in [0, 0.05) is 25.7 Å². The van der Waals surface area contributed by atoms with Crippen LogP contribution in [0.5, 0.6) is 0 Å². The lowest BCUT2D eigenvalue weighted by Gasteiger charge is -2.08. The minimum atomic E-state index is -0.413. The minimum Gasteiger partial charge on any atom is -0.468 e. The fourth-order valence-electron chi connectivity index (χ4n) is 2.30. The van der Waals surface area contributed by atoms with Crippen LogP contribution in [0.1, 0.15) is 11.1 Å². The topological polar surface area (TPSA) is 46.5 Å². The van der Waals surface area contributed by atoms with Crippen LogP contribution in [0.25, 0.3) is 25.9 Å². The molecule has 4 heteroatoms. The molecule has 0 bridgehead atoms. The van der Waals surface area contributed by atoms with E-state index in [-0.39, 0.29) is 5.43 Å². The van der Waals surface area contributed by atoms with Gasteiger partial charge >= 0.3 is 0 Å². The average Bonchev–Trinajstić information content (AvgIpc) is 2.48. The third kappa shape index (κ3) is 2.44. The fraction of sp³-hybridized carbons (Fsp3) is 0.118. The van der Waals surface area contributed by atoms with Crippen LogP contribution >= 0.6 is 11.3 Å². The van der Waals surface area contributed by atoms with Gasteiger partial charge in [-0.3, -0.25) is 4.79 Å². The predicted octanol–water partition coefficient (Wildman–Crippen LogP) is 3.66. The lowest BCUT2D eigenvalue weighted by Crippen LogP contribution is -2.01. The molecule has 0 unspecified atom stereocenters. The Morgan fingerprint density at radius 1 is 1.19 bits per heavy atom. The van der Waals surface area contributed by atoms with Crippen molar-refractivity contribution < 1.29 is 9.84 Å². The van der Waals surface area contributed by atoms with Crippen LogP contribution in [0.3, 0.4) is 0 Å². The molecule has 3 aromatic rings. The standard InChI is InChI=1S/C17H14O3S/c1-10-3-6-15-14(7-10)17(19)13-5-4-12(8-16(13)21-15)11(2)20-9-18/h3-8,18H,2,9H2,1H3. The Hall–Kier alpha value is -2.17. The summed E-state index contributed by atoms with van der Waals surface area (Å²) in [6, 6.07) is 11.4. The van der Waals surface area contributed by atoms with E-state index in [1.807, 2.05) is 31.2 Å². The molecule has 0 radical (unpaired) electrons. The van der Waals surface area contributed by atoms with Crippen LogP contribution in [0, 0.1) is 6.92 Å². The molecule has 0 saturated heterocycles. The molecule has 1 aromatic heterocycles. The maximum Gasteiger partial charge on any atom is 0.195 e. The van der Waals surface area contributed by atoms with E-state index >= 15 is 0 Å². The largest absolute Gasteiger partial charge is 0.468 e. The van der Waals surface area contributed by atoms with Gasteiger partial charge in [0.1, 0.15) is 5.76 Å². The Balaban J connectivity index is 2.27. The zero-order valence-electron chi connectivity index (χ0n) is 11.6. The molecule has 1 heterocycles. The summed E-state index contributed by atoms with van der Waals surface area (Å²) in [6.07, 6.45) is 0. The van der Waals surface area contributed by atoms with Gasteiger partial charge in [0.25, 0.3) is 0 Å². The molecule has 0 atom stereocenters. The van der Waals surface area contributed by atoms with Gasteiger partial charge in [0.05, 0.1) is 0 Å². The van der Waals surface area contributed by atoms with Gasteiger partial charge < -0.3 is 9.84 Å². The summed E-state index contributed by atoms with van der Waals surface area (Å²) in [6.45, 7) is 5.33. The molecule has 0 spiro atoms. The average molecular weight is 298 g/mol. The van der Waals surface area contributed by atoms with Crippen LogP contribution in [0.4, 0.5) is 0 Å². The summed E-state index contributed by atoms with van der Waals surface area (Å²) >= 11 is 1.56. The van der Waals surface area contributed by atoms with E-state index in [0.29, 0.717) is 11.1 Å². The first kappa shape index (κ1) is 13.8. The molecule has 0 fully saturated rings. The van der Waals surface area contributed by atoms with Crippen LogP contribution in [0.2, 0.25) is 0 Å². The van der Waals surface area contributed by atoms with E-state index in [2.05, 4.69) is 6.58 Å². The van der Waals surface area contributed by atoms with E-state index in [4.69, 9.17) is 9.84 Å². The number of aliphatic hydroxyl groups excluding tert-OH is 1. The normalized spacial score (nSPS) is 11.0. The van der Waals surface area contributed by atoms with Crippen molar-refractivity contribution in [3.8, 4) is 0 Å². The second-order valence-corrected chi connectivity index (χ2v) is 5.92. The van der Waals surface area contributed by atoms with Crippen LogP contribution in [-0.2, 0) is 4.74 Å². The Bertz CT molecular complexity index is 909. The van der Waals surface area contributed by atoms with Gasteiger partial charge in [0.15, 0.2) is 12.2 Å². The zero-order chi connectivity index (χ0) is 15.0. The van der Waals surface area contributed by atoms with Crippen LogP contribution in [-0.4, -0.2) is 11.9 Å². The number of rotatable bonds is 3. The van der Waals surface area contributed by atoms with Crippen molar-refractivity contribution in [3.63, 3.8) is 0 Å².